The molecule has 0 saturated heterocycles. The van der Waals surface area contributed by atoms with Crippen molar-refractivity contribution in [2.75, 3.05) is 19.8 Å². The third-order valence-corrected chi connectivity index (χ3v) is 3.74. The van der Waals surface area contributed by atoms with E-state index in [9.17, 15) is 10.2 Å². The molecule has 0 amide bonds. The maximum absolute atomic E-state index is 9.25. The second kappa shape index (κ2) is 4.60. The average Bonchev–Trinajstić information content (AvgIpc) is 2.16. The van der Waals surface area contributed by atoms with Crippen molar-refractivity contribution in [2.45, 2.75) is 45.1 Å². The van der Waals surface area contributed by atoms with Crippen molar-refractivity contribution in [3.05, 3.63) is 0 Å². The number of aliphatic hydroxyl groups excluding tert-OH is 2. The summed E-state index contributed by atoms with van der Waals surface area (Å²) in [7, 11) is 0. The highest BCUT2D eigenvalue weighted by molar-refractivity contribution is 4.96. The lowest BCUT2D eigenvalue weighted by molar-refractivity contribution is 0.0595. The summed E-state index contributed by atoms with van der Waals surface area (Å²) in [6.07, 6.45) is 4.29. The van der Waals surface area contributed by atoms with Gasteiger partial charge in [0.25, 0.3) is 0 Å². The highest BCUT2D eigenvalue weighted by Crippen LogP contribution is 2.32. The zero-order chi connectivity index (χ0) is 10.7. The van der Waals surface area contributed by atoms with Gasteiger partial charge >= 0.3 is 0 Å². The fourth-order valence-corrected chi connectivity index (χ4v) is 1.69. The molecule has 1 unspecified atom stereocenters. The largest absolute Gasteiger partial charge is 0.396 e. The minimum Gasteiger partial charge on any atom is -0.396 e. The van der Waals surface area contributed by atoms with Crippen LogP contribution >= 0.6 is 0 Å². The van der Waals surface area contributed by atoms with Crippen molar-refractivity contribution in [3.63, 3.8) is 0 Å². The first kappa shape index (κ1) is 12.0. The van der Waals surface area contributed by atoms with E-state index < -0.39 is 0 Å². The Hall–Kier alpha value is -0.120. The first-order valence-electron chi connectivity index (χ1n) is 5.56. The molecule has 3 N–H and O–H groups in total. The molecule has 0 radical (unpaired) electrons. The number of hydrogen-bond donors (Lipinski definition) is 3. The van der Waals surface area contributed by atoms with Crippen molar-refractivity contribution >= 4 is 0 Å². The summed E-state index contributed by atoms with van der Waals surface area (Å²) in [6, 6.07) is 0. The lowest BCUT2D eigenvalue weighted by Crippen LogP contribution is -2.56. The number of rotatable bonds is 6. The molecule has 14 heavy (non-hydrogen) atoms. The van der Waals surface area contributed by atoms with E-state index in [0.717, 1.165) is 25.8 Å². The third kappa shape index (κ3) is 2.47. The molecule has 0 aromatic carbocycles. The SMILES string of the molecule is CCC(C)(CO)CNC1(CO)CCC1. The summed E-state index contributed by atoms with van der Waals surface area (Å²) in [5.41, 5.74) is -0.0800. The molecule has 0 spiro atoms. The average molecular weight is 201 g/mol. The maximum Gasteiger partial charge on any atom is 0.0613 e. The van der Waals surface area contributed by atoms with Crippen molar-refractivity contribution in [2.24, 2.45) is 5.41 Å². The van der Waals surface area contributed by atoms with Gasteiger partial charge < -0.3 is 15.5 Å². The first-order chi connectivity index (χ1) is 6.60. The van der Waals surface area contributed by atoms with Crippen LogP contribution < -0.4 is 5.32 Å². The van der Waals surface area contributed by atoms with Gasteiger partial charge in [-0.15, -0.1) is 0 Å². The quantitative estimate of drug-likeness (QED) is 0.598. The van der Waals surface area contributed by atoms with Crippen LogP contribution in [0.25, 0.3) is 0 Å². The summed E-state index contributed by atoms with van der Waals surface area (Å²) in [4.78, 5) is 0. The Labute approximate surface area is 86.5 Å². The van der Waals surface area contributed by atoms with Gasteiger partial charge in [0.05, 0.1) is 6.61 Å². The van der Waals surface area contributed by atoms with Crippen molar-refractivity contribution < 1.29 is 10.2 Å². The van der Waals surface area contributed by atoms with Gasteiger partial charge in [-0.2, -0.15) is 0 Å². The summed E-state index contributed by atoms with van der Waals surface area (Å²) in [5, 5.41) is 21.9. The van der Waals surface area contributed by atoms with E-state index in [0.29, 0.717) is 0 Å². The summed E-state index contributed by atoms with van der Waals surface area (Å²) >= 11 is 0. The van der Waals surface area contributed by atoms with Crippen LogP contribution in [-0.4, -0.2) is 35.5 Å². The standard InChI is InChI=1S/C11H23NO2/c1-3-10(2,8-13)7-12-11(9-14)5-4-6-11/h12-14H,3-9H2,1-2H3. The Morgan fingerprint density at radius 3 is 2.29 bits per heavy atom. The van der Waals surface area contributed by atoms with Crippen molar-refractivity contribution in [3.8, 4) is 0 Å². The van der Waals surface area contributed by atoms with Crippen LogP contribution in [0.15, 0.2) is 0 Å². The van der Waals surface area contributed by atoms with E-state index in [4.69, 9.17) is 0 Å². The molecule has 0 aromatic heterocycles. The molecule has 1 atom stereocenters. The van der Waals surface area contributed by atoms with Gasteiger partial charge in [-0.1, -0.05) is 13.8 Å². The van der Waals surface area contributed by atoms with Gasteiger partial charge in [0.1, 0.15) is 0 Å². The van der Waals surface area contributed by atoms with Crippen LogP contribution in [0.1, 0.15) is 39.5 Å². The second-order valence-corrected chi connectivity index (χ2v) is 4.97. The van der Waals surface area contributed by atoms with Crippen LogP contribution in [0, 0.1) is 5.41 Å². The van der Waals surface area contributed by atoms with Crippen LogP contribution in [0.4, 0.5) is 0 Å². The lowest BCUT2D eigenvalue weighted by atomic mass is 9.76. The van der Waals surface area contributed by atoms with Gasteiger partial charge in [0.2, 0.25) is 0 Å². The smallest absolute Gasteiger partial charge is 0.0613 e. The van der Waals surface area contributed by atoms with Crippen LogP contribution in [0.3, 0.4) is 0 Å². The van der Waals surface area contributed by atoms with Crippen LogP contribution in [0.5, 0.6) is 0 Å². The van der Waals surface area contributed by atoms with Gasteiger partial charge in [0.15, 0.2) is 0 Å². The highest BCUT2D eigenvalue weighted by atomic mass is 16.3. The minimum atomic E-state index is -0.0439. The van der Waals surface area contributed by atoms with E-state index in [1.807, 2.05) is 0 Å². The predicted octanol–water partition coefficient (Wildman–Crippen LogP) is 0.900. The molecular formula is C11H23NO2. The molecule has 1 aliphatic rings. The number of hydrogen-bond acceptors (Lipinski definition) is 3. The molecule has 1 saturated carbocycles. The molecule has 3 heteroatoms. The molecule has 84 valence electrons. The molecule has 0 heterocycles. The van der Waals surface area contributed by atoms with Crippen LogP contribution in [0.2, 0.25) is 0 Å². The molecule has 0 aliphatic heterocycles. The molecule has 1 rings (SSSR count). The Kier molecular flexibility index (Phi) is 3.93. The molecule has 3 nitrogen and oxygen atoms in total. The normalized spacial score (nSPS) is 24.0. The van der Waals surface area contributed by atoms with Gasteiger partial charge in [-0.05, 0) is 25.7 Å². The van der Waals surface area contributed by atoms with Crippen LogP contribution in [-0.2, 0) is 0 Å². The predicted molar refractivity (Wildman–Crippen MR) is 57.2 cm³/mol. The summed E-state index contributed by atoms with van der Waals surface area (Å²) < 4.78 is 0. The van der Waals surface area contributed by atoms with E-state index in [2.05, 4.69) is 19.2 Å². The van der Waals surface area contributed by atoms with E-state index >= 15 is 0 Å². The maximum atomic E-state index is 9.25. The molecule has 0 bridgehead atoms. The lowest BCUT2D eigenvalue weighted by Gasteiger charge is -2.43. The fraction of sp³-hybridized carbons (Fsp3) is 1.00. The number of nitrogens with one attached hydrogen (secondary N) is 1. The summed E-state index contributed by atoms with van der Waals surface area (Å²) in [5.74, 6) is 0. The monoisotopic (exact) mass is 201 g/mol. The molecule has 0 aromatic rings. The Morgan fingerprint density at radius 2 is 2.00 bits per heavy atom. The highest BCUT2D eigenvalue weighted by Gasteiger charge is 2.37. The zero-order valence-corrected chi connectivity index (χ0v) is 9.34. The summed E-state index contributed by atoms with van der Waals surface area (Å²) in [6.45, 7) is 5.38. The van der Waals surface area contributed by atoms with Gasteiger partial charge in [-0.3, -0.25) is 0 Å². The van der Waals surface area contributed by atoms with Gasteiger partial charge in [-0.25, -0.2) is 0 Å². The van der Waals surface area contributed by atoms with Crippen molar-refractivity contribution in [1.29, 1.82) is 0 Å². The zero-order valence-electron chi connectivity index (χ0n) is 9.34. The number of aliphatic hydroxyl groups is 2. The Morgan fingerprint density at radius 1 is 1.36 bits per heavy atom. The van der Waals surface area contributed by atoms with E-state index in [-0.39, 0.29) is 24.2 Å². The first-order valence-corrected chi connectivity index (χ1v) is 5.56. The molecule has 1 aliphatic carbocycles. The Balaban J connectivity index is 2.37. The molecule has 1 fully saturated rings. The van der Waals surface area contributed by atoms with Crippen molar-refractivity contribution in [1.82, 2.24) is 5.32 Å². The molecular weight excluding hydrogens is 178 g/mol. The minimum absolute atomic E-state index is 0.0361. The fourth-order valence-electron chi connectivity index (χ4n) is 1.69. The topological polar surface area (TPSA) is 52.5 Å². The van der Waals surface area contributed by atoms with E-state index in [1.165, 1.54) is 6.42 Å². The second-order valence-electron chi connectivity index (χ2n) is 4.97. The third-order valence-electron chi connectivity index (χ3n) is 3.74. The van der Waals surface area contributed by atoms with Gasteiger partial charge in [0, 0.05) is 24.1 Å². The Bertz CT molecular complexity index is 156. The van der Waals surface area contributed by atoms with E-state index in [1.54, 1.807) is 0 Å².